The Morgan fingerprint density at radius 1 is 1.19 bits per heavy atom. The zero-order valence-electron chi connectivity index (χ0n) is 12.1. The van der Waals surface area contributed by atoms with E-state index >= 15 is 0 Å². The van der Waals surface area contributed by atoms with Gasteiger partial charge in [0.15, 0.2) is 5.16 Å². The number of hydrogen-bond donors (Lipinski definition) is 2. The molecule has 21 heavy (non-hydrogen) atoms. The highest BCUT2D eigenvalue weighted by molar-refractivity contribution is 7.99. The summed E-state index contributed by atoms with van der Waals surface area (Å²) in [6.45, 7) is 2.13. The molecule has 0 unspecified atom stereocenters. The van der Waals surface area contributed by atoms with E-state index < -0.39 is 0 Å². The molecule has 108 valence electrons. The molecular weight excluding hydrogens is 282 g/mol. The van der Waals surface area contributed by atoms with E-state index in [1.807, 2.05) is 37.4 Å². The normalized spacial score (nSPS) is 11.0. The van der Waals surface area contributed by atoms with Crippen molar-refractivity contribution in [2.24, 2.45) is 0 Å². The van der Waals surface area contributed by atoms with Crippen molar-refractivity contribution < 1.29 is 0 Å². The number of aromatic nitrogens is 4. The SMILES string of the molecule is CCCc1nc(NC)cc(Sc2nc3ccccc3[nH]2)n1. The van der Waals surface area contributed by atoms with Gasteiger partial charge in [0, 0.05) is 19.5 Å². The number of benzene rings is 1. The van der Waals surface area contributed by atoms with E-state index in [4.69, 9.17) is 0 Å². The standard InChI is InChI=1S/C15H17N5S/c1-3-6-12-19-13(16-2)9-14(20-12)21-15-17-10-7-4-5-8-11(10)18-15/h4-5,7-9H,3,6H2,1-2H3,(H,17,18)(H,16,19,20). The maximum atomic E-state index is 4.59. The number of imidazole rings is 1. The van der Waals surface area contributed by atoms with Crippen molar-refractivity contribution in [3.63, 3.8) is 0 Å². The van der Waals surface area contributed by atoms with Crippen LogP contribution in [0.2, 0.25) is 0 Å². The number of rotatable bonds is 5. The lowest BCUT2D eigenvalue weighted by molar-refractivity contribution is 0.811. The summed E-state index contributed by atoms with van der Waals surface area (Å²) in [6.07, 6.45) is 1.91. The summed E-state index contributed by atoms with van der Waals surface area (Å²) in [5.41, 5.74) is 2.01. The Balaban J connectivity index is 1.90. The average Bonchev–Trinajstić information content (AvgIpc) is 2.89. The first-order chi connectivity index (χ1) is 10.3. The lowest BCUT2D eigenvalue weighted by Crippen LogP contribution is -2.01. The van der Waals surface area contributed by atoms with Crippen molar-refractivity contribution in [1.29, 1.82) is 0 Å². The Labute approximate surface area is 127 Å². The van der Waals surface area contributed by atoms with Gasteiger partial charge in [-0.2, -0.15) is 0 Å². The van der Waals surface area contributed by atoms with Crippen LogP contribution in [-0.2, 0) is 6.42 Å². The Hall–Kier alpha value is -2.08. The largest absolute Gasteiger partial charge is 0.373 e. The molecule has 3 rings (SSSR count). The number of fused-ring (bicyclic) bond motifs is 1. The van der Waals surface area contributed by atoms with Gasteiger partial charge in [-0.3, -0.25) is 0 Å². The van der Waals surface area contributed by atoms with Crippen LogP contribution in [0.5, 0.6) is 0 Å². The molecule has 0 aliphatic heterocycles. The summed E-state index contributed by atoms with van der Waals surface area (Å²) in [4.78, 5) is 16.9. The van der Waals surface area contributed by atoms with E-state index in [9.17, 15) is 0 Å². The Kier molecular flexibility index (Phi) is 4.06. The third-order valence-corrected chi connectivity index (χ3v) is 3.85. The molecule has 0 saturated carbocycles. The fourth-order valence-electron chi connectivity index (χ4n) is 2.07. The van der Waals surface area contributed by atoms with E-state index in [0.717, 1.165) is 45.7 Å². The number of nitrogens with zero attached hydrogens (tertiary/aromatic N) is 3. The van der Waals surface area contributed by atoms with Crippen LogP contribution in [0, 0.1) is 0 Å². The molecule has 0 bridgehead atoms. The summed E-state index contributed by atoms with van der Waals surface area (Å²) in [5.74, 6) is 1.70. The van der Waals surface area contributed by atoms with Gasteiger partial charge in [0.25, 0.3) is 0 Å². The molecule has 6 heteroatoms. The van der Waals surface area contributed by atoms with Crippen molar-refractivity contribution in [2.45, 2.75) is 29.9 Å². The van der Waals surface area contributed by atoms with Gasteiger partial charge in [-0.25, -0.2) is 15.0 Å². The summed E-state index contributed by atoms with van der Waals surface area (Å²) in [6, 6.07) is 9.95. The van der Waals surface area contributed by atoms with E-state index in [2.05, 4.69) is 32.2 Å². The fourth-order valence-corrected chi connectivity index (χ4v) is 2.89. The molecule has 2 heterocycles. The first-order valence-corrected chi connectivity index (χ1v) is 7.78. The highest BCUT2D eigenvalue weighted by Crippen LogP contribution is 2.27. The Bertz CT molecular complexity index is 720. The first kappa shape index (κ1) is 13.9. The van der Waals surface area contributed by atoms with Crippen LogP contribution in [0.25, 0.3) is 11.0 Å². The predicted octanol–water partition coefficient (Wildman–Crippen LogP) is 3.50. The molecule has 0 radical (unpaired) electrons. The zero-order chi connectivity index (χ0) is 14.7. The van der Waals surface area contributed by atoms with Crippen LogP contribution in [0.1, 0.15) is 19.2 Å². The summed E-state index contributed by atoms with van der Waals surface area (Å²) in [5, 5.41) is 4.83. The van der Waals surface area contributed by atoms with Crippen LogP contribution in [0.3, 0.4) is 0 Å². The van der Waals surface area contributed by atoms with Crippen molar-refractivity contribution in [2.75, 3.05) is 12.4 Å². The number of hydrogen-bond acceptors (Lipinski definition) is 5. The minimum Gasteiger partial charge on any atom is -0.373 e. The third kappa shape index (κ3) is 3.16. The molecule has 0 aliphatic rings. The molecular formula is C15H17N5S. The van der Waals surface area contributed by atoms with E-state index in [-0.39, 0.29) is 0 Å². The van der Waals surface area contributed by atoms with Gasteiger partial charge in [-0.05, 0) is 30.3 Å². The number of H-pyrrole nitrogens is 1. The fraction of sp³-hybridized carbons (Fsp3) is 0.267. The lowest BCUT2D eigenvalue weighted by atomic mass is 10.3. The van der Waals surface area contributed by atoms with Crippen LogP contribution < -0.4 is 5.32 Å². The molecule has 0 amide bonds. The van der Waals surface area contributed by atoms with Gasteiger partial charge in [0.2, 0.25) is 0 Å². The second-order valence-corrected chi connectivity index (χ2v) is 5.68. The molecule has 3 aromatic rings. The number of para-hydroxylation sites is 2. The lowest BCUT2D eigenvalue weighted by Gasteiger charge is -2.05. The van der Waals surface area contributed by atoms with Crippen LogP contribution in [0.15, 0.2) is 40.5 Å². The topological polar surface area (TPSA) is 66.5 Å². The van der Waals surface area contributed by atoms with Crippen molar-refractivity contribution in [1.82, 2.24) is 19.9 Å². The molecule has 0 fully saturated rings. The van der Waals surface area contributed by atoms with Crippen LogP contribution in [-0.4, -0.2) is 27.0 Å². The molecule has 0 aliphatic carbocycles. The molecule has 1 aromatic carbocycles. The Morgan fingerprint density at radius 3 is 2.81 bits per heavy atom. The number of nitrogens with one attached hydrogen (secondary N) is 2. The number of anilines is 1. The van der Waals surface area contributed by atoms with E-state index in [1.54, 1.807) is 0 Å². The predicted molar refractivity (Wildman–Crippen MR) is 85.8 cm³/mol. The highest BCUT2D eigenvalue weighted by Gasteiger charge is 2.08. The van der Waals surface area contributed by atoms with Gasteiger partial charge in [-0.15, -0.1) is 0 Å². The Morgan fingerprint density at radius 2 is 2.05 bits per heavy atom. The van der Waals surface area contributed by atoms with Gasteiger partial charge in [0.1, 0.15) is 16.7 Å². The highest BCUT2D eigenvalue weighted by atomic mass is 32.2. The van der Waals surface area contributed by atoms with Crippen molar-refractivity contribution >= 4 is 28.6 Å². The molecule has 2 N–H and O–H groups in total. The summed E-state index contributed by atoms with van der Waals surface area (Å²) in [7, 11) is 1.87. The smallest absolute Gasteiger partial charge is 0.172 e. The molecule has 0 spiro atoms. The molecule has 0 atom stereocenters. The van der Waals surface area contributed by atoms with Gasteiger partial charge < -0.3 is 10.3 Å². The number of aromatic amines is 1. The monoisotopic (exact) mass is 299 g/mol. The number of aryl methyl sites for hydroxylation is 1. The summed E-state index contributed by atoms with van der Waals surface area (Å²) < 4.78 is 0. The maximum absolute atomic E-state index is 4.59. The summed E-state index contributed by atoms with van der Waals surface area (Å²) >= 11 is 1.53. The first-order valence-electron chi connectivity index (χ1n) is 6.97. The van der Waals surface area contributed by atoms with Crippen LogP contribution >= 0.6 is 11.8 Å². The average molecular weight is 299 g/mol. The maximum Gasteiger partial charge on any atom is 0.172 e. The van der Waals surface area contributed by atoms with Gasteiger partial charge in [0.05, 0.1) is 11.0 Å². The minimum absolute atomic E-state index is 0.840. The zero-order valence-corrected chi connectivity index (χ0v) is 12.9. The minimum atomic E-state index is 0.840. The molecule has 5 nitrogen and oxygen atoms in total. The quantitative estimate of drug-likeness (QED) is 0.706. The second-order valence-electron chi connectivity index (χ2n) is 4.67. The van der Waals surface area contributed by atoms with Gasteiger partial charge in [-0.1, -0.05) is 19.1 Å². The molecule has 2 aromatic heterocycles. The second kappa shape index (κ2) is 6.13. The van der Waals surface area contributed by atoms with Crippen molar-refractivity contribution in [3.8, 4) is 0 Å². The van der Waals surface area contributed by atoms with Crippen LogP contribution in [0.4, 0.5) is 5.82 Å². The van der Waals surface area contributed by atoms with E-state index in [1.165, 1.54) is 11.8 Å². The van der Waals surface area contributed by atoms with Gasteiger partial charge >= 0.3 is 0 Å². The third-order valence-electron chi connectivity index (χ3n) is 3.05. The molecule has 0 saturated heterocycles. The van der Waals surface area contributed by atoms with E-state index in [0.29, 0.717) is 0 Å². The van der Waals surface area contributed by atoms with Crippen molar-refractivity contribution in [3.05, 3.63) is 36.2 Å².